The predicted molar refractivity (Wildman–Crippen MR) is 96.2 cm³/mol. The van der Waals surface area contributed by atoms with Crippen molar-refractivity contribution >= 4 is 26.7 Å². The second-order valence-corrected chi connectivity index (χ2v) is 8.34. The maximum Gasteiger partial charge on any atom is 0.181 e. The van der Waals surface area contributed by atoms with E-state index in [1.807, 2.05) is 18.2 Å². The van der Waals surface area contributed by atoms with Crippen molar-refractivity contribution in [3.05, 3.63) is 55.0 Å². The Kier molecular flexibility index (Phi) is 4.09. The van der Waals surface area contributed by atoms with Gasteiger partial charge in [0.25, 0.3) is 0 Å². The lowest BCUT2D eigenvalue weighted by Crippen LogP contribution is -2.39. The fourth-order valence-electron chi connectivity index (χ4n) is 3.31. The van der Waals surface area contributed by atoms with Gasteiger partial charge in [-0.1, -0.05) is 18.2 Å². The van der Waals surface area contributed by atoms with Gasteiger partial charge >= 0.3 is 0 Å². The molecular weight excluding hydrogens is 336 g/mol. The molecule has 0 spiro atoms. The molecule has 0 unspecified atom stereocenters. The van der Waals surface area contributed by atoms with Gasteiger partial charge in [-0.05, 0) is 37.1 Å². The van der Waals surface area contributed by atoms with Crippen LogP contribution in [-0.4, -0.2) is 41.7 Å². The van der Waals surface area contributed by atoms with Crippen molar-refractivity contribution in [3.8, 4) is 0 Å². The van der Waals surface area contributed by atoms with E-state index in [1.54, 1.807) is 30.5 Å². The molecule has 0 aliphatic carbocycles. The van der Waals surface area contributed by atoms with E-state index in [2.05, 4.69) is 19.9 Å². The second kappa shape index (κ2) is 6.40. The van der Waals surface area contributed by atoms with Gasteiger partial charge in [-0.3, -0.25) is 0 Å². The van der Waals surface area contributed by atoms with Gasteiger partial charge < -0.3 is 4.90 Å². The first kappa shape index (κ1) is 16.0. The Morgan fingerprint density at radius 3 is 2.44 bits per heavy atom. The zero-order chi connectivity index (χ0) is 17.3. The van der Waals surface area contributed by atoms with Crippen LogP contribution in [0, 0.1) is 0 Å². The fourth-order valence-corrected chi connectivity index (χ4v) is 5.07. The van der Waals surface area contributed by atoms with Crippen molar-refractivity contribution in [1.82, 2.24) is 15.0 Å². The van der Waals surface area contributed by atoms with Crippen molar-refractivity contribution in [3.63, 3.8) is 0 Å². The molecule has 1 aliphatic heterocycles. The topological polar surface area (TPSA) is 76.1 Å². The Hall–Kier alpha value is -2.54. The van der Waals surface area contributed by atoms with Crippen LogP contribution in [0.5, 0.6) is 0 Å². The van der Waals surface area contributed by atoms with Gasteiger partial charge in [0.2, 0.25) is 0 Å². The average molecular weight is 354 g/mol. The molecule has 0 saturated carbocycles. The molecule has 2 aromatic heterocycles. The smallest absolute Gasteiger partial charge is 0.181 e. The van der Waals surface area contributed by atoms with Crippen molar-refractivity contribution in [2.45, 2.75) is 23.0 Å². The van der Waals surface area contributed by atoms with Crippen LogP contribution in [-0.2, 0) is 9.84 Å². The normalized spacial score (nSPS) is 16.2. The summed E-state index contributed by atoms with van der Waals surface area (Å²) in [6.45, 7) is 1.30. The summed E-state index contributed by atoms with van der Waals surface area (Å²) in [6, 6.07) is 12.5. The van der Waals surface area contributed by atoms with E-state index >= 15 is 0 Å². The fraction of sp³-hybridized carbons (Fsp3) is 0.278. The molecule has 0 amide bonds. The first-order valence-electron chi connectivity index (χ1n) is 8.26. The highest BCUT2D eigenvalue weighted by Gasteiger charge is 2.32. The molecule has 3 heterocycles. The lowest BCUT2D eigenvalue weighted by molar-refractivity contribution is 0.528. The number of hydrogen-bond acceptors (Lipinski definition) is 6. The molecule has 7 heteroatoms. The summed E-state index contributed by atoms with van der Waals surface area (Å²) < 4.78 is 25.6. The number of anilines is 1. The highest BCUT2D eigenvalue weighted by atomic mass is 32.2. The third kappa shape index (κ3) is 2.95. The minimum absolute atomic E-state index is 0.350. The maximum atomic E-state index is 12.8. The third-order valence-electron chi connectivity index (χ3n) is 4.64. The summed E-state index contributed by atoms with van der Waals surface area (Å²) in [5, 5.41) is 0.548. The number of rotatable bonds is 3. The van der Waals surface area contributed by atoms with Gasteiger partial charge in [0.1, 0.15) is 12.1 Å². The quantitative estimate of drug-likeness (QED) is 0.719. The largest absolute Gasteiger partial charge is 0.356 e. The SMILES string of the molecule is O=S(=O)(c1ccccc1)C1CCN(c2ncnc3ncccc23)CC1. The van der Waals surface area contributed by atoms with Crippen LogP contribution in [0.3, 0.4) is 0 Å². The standard InChI is InChI=1S/C18H18N4O2S/c23-25(24,14-5-2-1-3-6-14)15-8-11-22(12-9-15)18-16-7-4-10-19-17(16)20-13-21-18/h1-7,10,13,15H,8-9,11-12H2. The lowest BCUT2D eigenvalue weighted by atomic mass is 10.1. The van der Waals surface area contributed by atoms with Crippen LogP contribution in [0.25, 0.3) is 11.0 Å². The maximum absolute atomic E-state index is 12.8. The summed E-state index contributed by atoms with van der Waals surface area (Å²) in [5.74, 6) is 0.827. The van der Waals surface area contributed by atoms with Gasteiger partial charge in [-0.15, -0.1) is 0 Å². The third-order valence-corrected chi connectivity index (χ3v) is 6.92. The molecule has 0 N–H and O–H groups in total. The molecule has 0 bridgehead atoms. The Morgan fingerprint density at radius 2 is 1.68 bits per heavy atom. The van der Waals surface area contributed by atoms with E-state index in [-0.39, 0.29) is 5.25 Å². The van der Waals surface area contributed by atoms with E-state index in [4.69, 9.17) is 0 Å². The van der Waals surface area contributed by atoms with E-state index in [9.17, 15) is 8.42 Å². The lowest BCUT2D eigenvalue weighted by Gasteiger charge is -2.32. The van der Waals surface area contributed by atoms with Crippen molar-refractivity contribution < 1.29 is 8.42 Å². The Labute approximate surface area is 146 Å². The molecule has 1 aromatic carbocycles. The molecule has 1 saturated heterocycles. The van der Waals surface area contributed by atoms with Crippen molar-refractivity contribution in [2.24, 2.45) is 0 Å². The van der Waals surface area contributed by atoms with Gasteiger partial charge in [0.05, 0.1) is 15.5 Å². The zero-order valence-corrected chi connectivity index (χ0v) is 14.4. The van der Waals surface area contributed by atoms with Crippen LogP contribution in [0.15, 0.2) is 59.9 Å². The van der Waals surface area contributed by atoms with Crippen LogP contribution in [0.2, 0.25) is 0 Å². The molecule has 3 aromatic rings. The summed E-state index contributed by atoms with van der Waals surface area (Å²) in [7, 11) is -3.28. The van der Waals surface area contributed by atoms with E-state index in [1.165, 1.54) is 6.33 Å². The summed E-state index contributed by atoms with van der Waals surface area (Å²) >= 11 is 0. The molecule has 1 aliphatic rings. The Balaban J connectivity index is 1.56. The van der Waals surface area contributed by atoms with Crippen LogP contribution in [0.4, 0.5) is 5.82 Å². The molecule has 0 radical (unpaired) electrons. The molecule has 25 heavy (non-hydrogen) atoms. The number of piperidine rings is 1. The van der Waals surface area contributed by atoms with Crippen LogP contribution in [0.1, 0.15) is 12.8 Å². The van der Waals surface area contributed by atoms with Crippen molar-refractivity contribution in [1.29, 1.82) is 0 Å². The number of sulfone groups is 1. The summed E-state index contributed by atoms with van der Waals surface area (Å²) in [6.07, 6.45) is 4.39. The van der Waals surface area contributed by atoms with Crippen LogP contribution < -0.4 is 4.90 Å². The molecular formula is C18H18N4O2S. The van der Waals surface area contributed by atoms with Crippen molar-refractivity contribution in [2.75, 3.05) is 18.0 Å². The Bertz CT molecular complexity index is 979. The highest BCUT2D eigenvalue weighted by Crippen LogP contribution is 2.29. The molecule has 128 valence electrons. The second-order valence-electron chi connectivity index (χ2n) is 6.12. The number of pyridine rings is 1. The minimum atomic E-state index is -3.28. The first-order chi connectivity index (χ1) is 12.2. The predicted octanol–water partition coefficient (Wildman–Crippen LogP) is 2.47. The van der Waals surface area contributed by atoms with Gasteiger partial charge in [0.15, 0.2) is 15.5 Å². The molecule has 1 fully saturated rings. The van der Waals surface area contributed by atoms with E-state index in [0.29, 0.717) is 36.5 Å². The summed E-state index contributed by atoms with van der Waals surface area (Å²) in [4.78, 5) is 15.4. The number of fused-ring (bicyclic) bond motifs is 1. The van der Waals surface area contributed by atoms with Gasteiger partial charge in [0, 0.05) is 19.3 Å². The van der Waals surface area contributed by atoms with E-state index in [0.717, 1.165) is 11.2 Å². The monoisotopic (exact) mass is 354 g/mol. The Morgan fingerprint density at radius 1 is 0.920 bits per heavy atom. The van der Waals surface area contributed by atoms with E-state index < -0.39 is 9.84 Å². The van der Waals surface area contributed by atoms with Gasteiger partial charge in [-0.25, -0.2) is 23.4 Å². The minimum Gasteiger partial charge on any atom is -0.356 e. The number of hydrogen-bond donors (Lipinski definition) is 0. The molecule has 4 rings (SSSR count). The van der Waals surface area contributed by atoms with Crippen LogP contribution >= 0.6 is 0 Å². The number of nitrogens with zero attached hydrogens (tertiary/aromatic N) is 4. The molecule has 0 atom stereocenters. The highest BCUT2D eigenvalue weighted by molar-refractivity contribution is 7.92. The first-order valence-corrected chi connectivity index (χ1v) is 9.80. The average Bonchev–Trinajstić information content (AvgIpc) is 2.68. The van der Waals surface area contributed by atoms with Gasteiger partial charge in [-0.2, -0.15) is 0 Å². The zero-order valence-electron chi connectivity index (χ0n) is 13.6. The summed E-state index contributed by atoms with van der Waals surface area (Å²) in [5.41, 5.74) is 0.659. The molecule has 6 nitrogen and oxygen atoms in total. The number of benzene rings is 1. The number of aromatic nitrogens is 3.